The minimum Gasteiger partial charge on any atom is -0.459 e. The molecule has 3 aromatic rings. The summed E-state index contributed by atoms with van der Waals surface area (Å²) in [5, 5.41) is 0. The van der Waals surface area contributed by atoms with E-state index < -0.39 is 54.4 Å². The number of nitrogens with zero attached hydrogens (tertiary/aromatic N) is 1. The Kier molecular flexibility index (Phi) is 7.03. The molecule has 9 nitrogen and oxygen atoms in total. The summed E-state index contributed by atoms with van der Waals surface area (Å²) in [7, 11) is 0. The van der Waals surface area contributed by atoms with Gasteiger partial charge in [-0.05, 0) is 40.2 Å². The molecule has 4 atom stereocenters. The van der Waals surface area contributed by atoms with Gasteiger partial charge >= 0.3 is 17.6 Å². The van der Waals surface area contributed by atoms with Crippen LogP contribution in [0, 0.1) is 0 Å². The lowest BCUT2D eigenvalue weighted by Crippen LogP contribution is -2.38. The lowest BCUT2D eigenvalue weighted by molar-refractivity contribution is -0.0592. The second-order valence-corrected chi connectivity index (χ2v) is 8.21. The molecule has 2 heterocycles. The first-order valence-electron chi connectivity index (χ1n) is 10.1. The van der Waals surface area contributed by atoms with Crippen LogP contribution in [0.25, 0.3) is 0 Å². The van der Waals surface area contributed by atoms with Crippen LogP contribution in [-0.4, -0.2) is 46.5 Å². The van der Waals surface area contributed by atoms with Crippen molar-refractivity contribution in [3.63, 3.8) is 0 Å². The van der Waals surface area contributed by atoms with E-state index >= 15 is 4.39 Å². The monoisotopic (exact) mass is 529 g/mol. The number of alkyl halides is 1. The third-order valence-corrected chi connectivity index (χ3v) is 5.67. The van der Waals surface area contributed by atoms with Crippen molar-refractivity contribution in [3.8, 4) is 0 Å². The Hall–Kier alpha value is -3.57. The number of benzene rings is 2. The molecule has 176 valence electrons. The van der Waals surface area contributed by atoms with Gasteiger partial charge in [-0.2, -0.15) is 0 Å². The number of aromatic nitrogens is 2. The quantitative estimate of drug-likeness (QED) is 0.488. The maximum atomic E-state index is 15.5. The molecule has 0 bridgehead atoms. The largest absolute Gasteiger partial charge is 0.459 e. The van der Waals surface area contributed by atoms with E-state index in [2.05, 4.69) is 15.9 Å². The van der Waals surface area contributed by atoms with Crippen molar-refractivity contribution in [2.45, 2.75) is 24.6 Å². The molecule has 11 heteroatoms. The fourth-order valence-electron chi connectivity index (χ4n) is 3.42. The van der Waals surface area contributed by atoms with E-state index in [-0.39, 0.29) is 15.6 Å². The first-order valence-corrected chi connectivity index (χ1v) is 10.9. The van der Waals surface area contributed by atoms with Crippen molar-refractivity contribution in [1.29, 1.82) is 0 Å². The normalized spacial score (nSPS) is 21.7. The molecule has 0 spiro atoms. The summed E-state index contributed by atoms with van der Waals surface area (Å²) in [6.07, 6.45) is -5.21. The highest BCUT2D eigenvalue weighted by Crippen LogP contribution is 2.34. The van der Waals surface area contributed by atoms with Gasteiger partial charge in [-0.1, -0.05) is 36.4 Å². The van der Waals surface area contributed by atoms with E-state index in [1.807, 2.05) is 4.98 Å². The lowest BCUT2D eigenvalue weighted by atomic mass is 10.1. The molecule has 1 aliphatic rings. The Labute approximate surface area is 200 Å². The lowest BCUT2D eigenvalue weighted by Gasteiger charge is -2.19. The first kappa shape index (κ1) is 23.6. The minimum absolute atomic E-state index is 0.0281. The number of ether oxygens (including phenoxy) is 3. The topological polar surface area (TPSA) is 117 Å². The van der Waals surface area contributed by atoms with E-state index in [4.69, 9.17) is 14.2 Å². The van der Waals surface area contributed by atoms with Crippen LogP contribution in [0.1, 0.15) is 26.9 Å². The number of nitrogens with one attached hydrogen (secondary N) is 1. The zero-order chi connectivity index (χ0) is 24.2. The molecule has 0 saturated carbocycles. The van der Waals surface area contributed by atoms with Crippen LogP contribution in [0.2, 0.25) is 0 Å². The zero-order valence-electron chi connectivity index (χ0n) is 17.4. The van der Waals surface area contributed by atoms with E-state index in [1.54, 1.807) is 48.5 Å². The number of hydrogen-bond donors (Lipinski definition) is 1. The maximum Gasteiger partial charge on any atom is 0.338 e. The summed E-state index contributed by atoms with van der Waals surface area (Å²) in [5.74, 6) is -1.49. The number of aromatic amines is 1. The molecule has 0 radical (unpaired) electrons. The predicted octanol–water partition coefficient (Wildman–Crippen LogP) is 2.62. The van der Waals surface area contributed by atoms with Gasteiger partial charge in [0, 0.05) is 6.20 Å². The van der Waals surface area contributed by atoms with Crippen molar-refractivity contribution in [1.82, 2.24) is 9.55 Å². The Morgan fingerprint density at radius 3 is 2.21 bits per heavy atom. The molecule has 1 saturated heterocycles. The van der Waals surface area contributed by atoms with Gasteiger partial charge in [0.2, 0.25) is 0 Å². The minimum atomic E-state index is -2.01. The molecule has 1 N–H and O–H groups in total. The zero-order valence-corrected chi connectivity index (χ0v) is 19.0. The molecule has 1 fully saturated rings. The third kappa shape index (κ3) is 5.00. The number of carbonyl (C=O) groups excluding carboxylic acids is 2. The van der Waals surface area contributed by atoms with Crippen LogP contribution in [0.3, 0.4) is 0 Å². The van der Waals surface area contributed by atoms with Crippen LogP contribution in [0.15, 0.2) is 80.9 Å². The van der Waals surface area contributed by atoms with Gasteiger partial charge in [0.15, 0.2) is 18.5 Å². The number of H-pyrrole nitrogens is 1. The molecule has 1 aliphatic heterocycles. The fraction of sp³-hybridized carbons (Fsp3) is 0.217. The van der Waals surface area contributed by atoms with Crippen molar-refractivity contribution in [3.05, 3.63) is 103 Å². The average Bonchev–Trinajstić information content (AvgIpc) is 3.15. The Morgan fingerprint density at radius 1 is 1.00 bits per heavy atom. The predicted molar refractivity (Wildman–Crippen MR) is 120 cm³/mol. The summed E-state index contributed by atoms with van der Waals surface area (Å²) >= 11 is 2.99. The van der Waals surface area contributed by atoms with E-state index in [1.165, 1.54) is 12.1 Å². The smallest absolute Gasteiger partial charge is 0.338 e. The van der Waals surface area contributed by atoms with Gasteiger partial charge in [-0.25, -0.2) is 18.8 Å². The molecule has 1 aromatic heterocycles. The second kappa shape index (κ2) is 10.1. The van der Waals surface area contributed by atoms with E-state index in [9.17, 15) is 19.2 Å². The molecular formula is C23H18BrFN2O7. The summed E-state index contributed by atoms with van der Waals surface area (Å²) in [6, 6.07) is 16.1. The van der Waals surface area contributed by atoms with Crippen molar-refractivity contribution >= 4 is 27.9 Å². The Bertz CT molecular complexity index is 1300. The van der Waals surface area contributed by atoms with Gasteiger partial charge < -0.3 is 14.2 Å². The van der Waals surface area contributed by atoms with Gasteiger partial charge in [0.1, 0.15) is 12.7 Å². The van der Waals surface area contributed by atoms with Crippen LogP contribution in [-0.2, 0) is 14.2 Å². The first-order chi connectivity index (χ1) is 16.3. The number of rotatable bonds is 6. The molecule has 0 aliphatic carbocycles. The van der Waals surface area contributed by atoms with Gasteiger partial charge in [0.05, 0.1) is 15.6 Å². The summed E-state index contributed by atoms with van der Waals surface area (Å²) in [5.41, 5.74) is -1.17. The van der Waals surface area contributed by atoms with E-state index in [0.29, 0.717) is 0 Å². The highest BCUT2D eigenvalue weighted by Gasteiger charge is 2.49. The van der Waals surface area contributed by atoms with Gasteiger partial charge in [-0.15, -0.1) is 0 Å². The fourth-order valence-corrected chi connectivity index (χ4v) is 3.74. The highest BCUT2D eigenvalue weighted by molar-refractivity contribution is 9.10. The Morgan fingerprint density at radius 2 is 1.59 bits per heavy atom. The van der Waals surface area contributed by atoms with Crippen LogP contribution >= 0.6 is 15.9 Å². The van der Waals surface area contributed by atoms with Crippen LogP contribution < -0.4 is 11.2 Å². The number of esters is 2. The van der Waals surface area contributed by atoms with Crippen LogP contribution in [0.5, 0.6) is 0 Å². The maximum absolute atomic E-state index is 15.5. The molecule has 0 amide bonds. The second-order valence-electron chi connectivity index (χ2n) is 7.35. The molecule has 34 heavy (non-hydrogen) atoms. The van der Waals surface area contributed by atoms with Crippen molar-refractivity contribution in [2.75, 3.05) is 6.61 Å². The number of carbonyl (C=O) groups is 2. The highest BCUT2D eigenvalue weighted by atomic mass is 75.9. The van der Waals surface area contributed by atoms with E-state index in [0.717, 1.165) is 10.8 Å². The summed E-state index contributed by atoms with van der Waals surface area (Å²) < 4.78 is 32.6. The van der Waals surface area contributed by atoms with Gasteiger partial charge in [0.25, 0.3) is 5.56 Å². The number of halogens is 2. The molecular weight excluding hydrogens is 511 g/mol. The van der Waals surface area contributed by atoms with Crippen LogP contribution in [0.4, 0.5) is 4.39 Å². The van der Waals surface area contributed by atoms with Crippen molar-refractivity contribution < 1.29 is 28.2 Å². The third-order valence-electron chi connectivity index (χ3n) is 5.11. The molecule has 4 rings (SSSR count). The average molecular weight is 529 g/mol. The standard InChI is InChI=1S/C23H18BrFN2O7/c24-15-11-27(23(31)26-19(15)28)20-17(25)18(34-22(30)14-9-5-2-6-10-14)16(33-20)12-32-21(29)13-7-3-1-4-8-13/h1-11,16-18,20H,12H2,(H,26,28,31)/t16-,17+,18-,20-/m1/s1/i24-4. The number of hydrogen-bond acceptors (Lipinski definition) is 7. The summed E-state index contributed by atoms with van der Waals surface area (Å²) in [6.45, 7) is -0.448. The SMILES string of the molecule is O=C(OC[C@H]1O[C@@H](n2cc([76Br])c(=O)[nH]c2=O)[C@@H](F)[C@@H]1OC(=O)c1ccccc1)c1ccccc1. The molecule has 2 aromatic carbocycles. The van der Waals surface area contributed by atoms with Gasteiger partial charge in [-0.3, -0.25) is 14.3 Å². The molecule has 0 unspecified atom stereocenters. The summed E-state index contributed by atoms with van der Waals surface area (Å²) in [4.78, 5) is 50.9. The van der Waals surface area contributed by atoms with Crippen molar-refractivity contribution in [2.24, 2.45) is 0 Å². The Balaban J connectivity index is 1.59.